The van der Waals surface area contributed by atoms with Crippen LogP contribution in [0.2, 0.25) is 5.15 Å². The summed E-state index contributed by atoms with van der Waals surface area (Å²) in [5.41, 5.74) is 0.823. The summed E-state index contributed by atoms with van der Waals surface area (Å²) in [6.45, 7) is 13.9. The topological polar surface area (TPSA) is 41.1 Å². The zero-order valence-electron chi connectivity index (χ0n) is 13.8. The molecule has 0 radical (unpaired) electrons. The molecule has 1 aliphatic rings. The van der Waals surface area contributed by atoms with Crippen LogP contribution >= 0.6 is 11.6 Å². The lowest BCUT2D eigenvalue weighted by molar-refractivity contribution is 0.327. The van der Waals surface area contributed by atoms with Gasteiger partial charge in [-0.2, -0.15) is 0 Å². The monoisotopic (exact) mass is 310 g/mol. The Morgan fingerprint density at radius 1 is 1.24 bits per heavy atom. The molecule has 1 aliphatic heterocycles. The molecule has 2 heterocycles. The van der Waals surface area contributed by atoms with E-state index in [4.69, 9.17) is 16.6 Å². The van der Waals surface area contributed by atoms with Crippen molar-refractivity contribution in [1.29, 1.82) is 0 Å². The minimum absolute atomic E-state index is 0.105. The Labute approximate surface area is 133 Å². The summed E-state index contributed by atoms with van der Waals surface area (Å²) in [7, 11) is 0. The molecule has 1 atom stereocenters. The molecule has 118 valence electrons. The molecule has 0 saturated carbocycles. The normalized spacial score (nSPS) is 18.0. The molecule has 1 fully saturated rings. The van der Waals surface area contributed by atoms with E-state index in [0.29, 0.717) is 11.2 Å². The van der Waals surface area contributed by atoms with E-state index < -0.39 is 0 Å². The first-order valence-corrected chi connectivity index (χ1v) is 8.18. The summed E-state index contributed by atoms with van der Waals surface area (Å²) in [6.07, 6.45) is 2.64. The van der Waals surface area contributed by atoms with Gasteiger partial charge in [0.05, 0.1) is 0 Å². The van der Waals surface area contributed by atoms with Crippen LogP contribution in [0.3, 0.4) is 0 Å². The molecule has 1 aromatic rings. The lowest BCUT2D eigenvalue weighted by Crippen LogP contribution is -2.33. The van der Waals surface area contributed by atoms with Gasteiger partial charge in [-0.1, -0.05) is 32.4 Å². The fourth-order valence-electron chi connectivity index (χ4n) is 2.60. The first-order chi connectivity index (χ1) is 9.77. The number of aromatic nitrogens is 2. The van der Waals surface area contributed by atoms with Gasteiger partial charge in [0, 0.05) is 23.6 Å². The van der Waals surface area contributed by atoms with Crippen LogP contribution in [0.15, 0.2) is 0 Å². The third-order valence-electron chi connectivity index (χ3n) is 3.87. The summed E-state index contributed by atoms with van der Waals surface area (Å²) >= 11 is 6.28. The van der Waals surface area contributed by atoms with Gasteiger partial charge < -0.3 is 10.2 Å². The van der Waals surface area contributed by atoms with Crippen LogP contribution in [0.1, 0.15) is 51.9 Å². The van der Waals surface area contributed by atoms with Crippen molar-refractivity contribution < 1.29 is 0 Å². The van der Waals surface area contributed by atoms with E-state index in [9.17, 15) is 0 Å². The van der Waals surface area contributed by atoms with Crippen molar-refractivity contribution >= 4 is 17.4 Å². The lowest BCUT2D eigenvalue weighted by atomic mass is 9.95. The van der Waals surface area contributed by atoms with Crippen molar-refractivity contribution in [3.05, 3.63) is 16.5 Å². The number of likely N-dealkylation sites (tertiary alicyclic amines) is 1. The van der Waals surface area contributed by atoms with E-state index in [1.807, 2.05) is 6.92 Å². The van der Waals surface area contributed by atoms with Crippen LogP contribution in [0.4, 0.5) is 5.82 Å². The average molecular weight is 311 g/mol. The Morgan fingerprint density at radius 3 is 2.43 bits per heavy atom. The lowest BCUT2D eigenvalue weighted by Gasteiger charge is -2.24. The first-order valence-electron chi connectivity index (χ1n) is 7.81. The van der Waals surface area contributed by atoms with Gasteiger partial charge in [0.1, 0.15) is 16.8 Å². The highest BCUT2D eigenvalue weighted by atomic mass is 35.5. The Hall–Kier alpha value is -0.870. The number of rotatable bonds is 4. The zero-order valence-corrected chi connectivity index (χ0v) is 14.6. The molecule has 1 saturated heterocycles. The summed E-state index contributed by atoms with van der Waals surface area (Å²) in [4.78, 5) is 11.6. The molecule has 0 spiro atoms. The van der Waals surface area contributed by atoms with Crippen LogP contribution < -0.4 is 5.32 Å². The fourth-order valence-corrected chi connectivity index (χ4v) is 2.77. The first kappa shape index (κ1) is 16.5. The molecule has 5 heteroatoms. The maximum absolute atomic E-state index is 6.28. The Kier molecular flexibility index (Phi) is 5.10. The van der Waals surface area contributed by atoms with E-state index in [0.717, 1.165) is 23.8 Å². The van der Waals surface area contributed by atoms with Crippen LogP contribution in [0, 0.1) is 6.92 Å². The van der Waals surface area contributed by atoms with Crippen molar-refractivity contribution in [2.75, 3.05) is 25.0 Å². The maximum Gasteiger partial charge on any atom is 0.137 e. The second kappa shape index (κ2) is 6.49. The predicted molar refractivity (Wildman–Crippen MR) is 89.2 cm³/mol. The maximum atomic E-state index is 6.28. The predicted octanol–water partition coefficient (Wildman–Crippen LogP) is 3.63. The molecule has 1 aromatic heterocycles. The number of anilines is 1. The van der Waals surface area contributed by atoms with E-state index in [1.165, 1.54) is 25.9 Å². The van der Waals surface area contributed by atoms with Crippen molar-refractivity contribution in [1.82, 2.24) is 14.9 Å². The van der Waals surface area contributed by atoms with Gasteiger partial charge in [-0.3, -0.25) is 0 Å². The molecule has 0 amide bonds. The largest absolute Gasteiger partial charge is 0.366 e. The van der Waals surface area contributed by atoms with Crippen LogP contribution in [0.5, 0.6) is 0 Å². The molecule has 1 unspecified atom stereocenters. The summed E-state index contributed by atoms with van der Waals surface area (Å²) < 4.78 is 0. The van der Waals surface area contributed by atoms with E-state index in [-0.39, 0.29) is 5.41 Å². The van der Waals surface area contributed by atoms with Gasteiger partial charge in [0.15, 0.2) is 0 Å². The molecule has 1 N–H and O–H groups in total. The highest BCUT2D eigenvalue weighted by molar-refractivity contribution is 6.30. The Balaban J connectivity index is 2.12. The fraction of sp³-hybridized carbons (Fsp3) is 0.750. The van der Waals surface area contributed by atoms with Crippen molar-refractivity contribution in [2.45, 2.75) is 58.9 Å². The van der Waals surface area contributed by atoms with Crippen molar-refractivity contribution in [3.8, 4) is 0 Å². The zero-order chi connectivity index (χ0) is 15.6. The highest BCUT2D eigenvalue weighted by Gasteiger charge is 2.22. The van der Waals surface area contributed by atoms with Gasteiger partial charge >= 0.3 is 0 Å². The SMILES string of the molecule is Cc1c(Cl)nc(C(C)(C)C)nc1NC(C)CN1CCCC1. The summed E-state index contributed by atoms with van der Waals surface area (Å²) in [6, 6.07) is 0.348. The van der Waals surface area contributed by atoms with Gasteiger partial charge in [-0.05, 0) is 39.8 Å². The highest BCUT2D eigenvalue weighted by Crippen LogP contribution is 2.26. The third kappa shape index (κ3) is 4.30. The van der Waals surface area contributed by atoms with Crippen molar-refractivity contribution in [2.24, 2.45) is 0 Å². The van der Waals surface area contributed by atoms with Crippen LogP contribution in [-0.4, -0.2) is 40.5 Å². The minimum Gasteiger partial charge on any atom is -0.366 e. The van der Waals surface area contributed by atoms with Crippen LogP contribution in [-0.2, 0) is 5.41 Å². The average Bonchev–Trinajstić information content (AvgIpc) is 2.86. The minimum atomic E-state index is -0.105. The molecule has 4 nitrogen and oxygen atoms in total. The number of nitrogens with one attached hydrogen (secondary N) is 1. The quantitative estimate of drug-likeness (QED) is 0.862. The molecular formula is C16H27ClN4. The number of halogens is 1. The number of nitrogens with zero attached hydrogens (tertiary/aromatic N) is 3. The second-order valence-electron chi connectivity index (χ2n) is 7.11. The number of hydrogen-bond acceptors (Lipinski definition) is 4. The van der Waals surface area contributed by atoms with Gasteiger partial charge in [-0.15, -0.1) is 0 Å². The third-order valence-corrected chi connectivity index (χ3v) is 4.24. The van der Waals surface area contributed by atoms with E-state index in [1.54, 1.807) is 0 Å². The molecule has 0 bridgehead atoms. The Bertz CT molecular complexity index is 490. The van der Waals surface area contributed by atoms with E-state index in [2.05, 4.69) is 42.9 Å². The van der Waals surface area contributed by atoms with Gasteiger partial charge in [-0.25, -0.2) is 9.97 Å². The van der Waals surface area contributed by atoms with E-state index >= 15 is 0 Å². The van der Waals surface area contributed by atoms with Gasteiger partial charge in [0.2, 0.25) is 0 Å². The number of hydrogen-bond donors (Lipinski definition) is 1. The molecular weight excluding hydrogens is 284 g/mol. The molecule has 0 aromatic carbocycles. The van der Waals surface area contributed by atoms with Crippen molar-refractivity contribution in [3.63, 3.8) is 0 Å². The summed E-state index contributed by atoms with van der Waals surface area (Å²) in [5, 5.41) is 4.06. The smallest absolute Gasteiger partial charge is 0.137 e. The second-order valence-corrected chi connectivity index (χ2v) is 7.47. The Morgan fingerprint density at radius 2 is 1.86 bits per heavy atom. The summed E-state index contributed by atoms with van der Waals surface area (Å²) in [5.74, 6) is 1.65. The van der Waals surface area contributed by atoms with Gasteiger partial charge in [0.25, 0.3) is 0 Å². The molecule has 21 heavy (non-hydrogen) atoms. The molecule has 2 rings (SSSR count). The van der Waals surface area contributed by atoms with Crippen LogP contribution in [0.25, 0.3) is 0 Å². The molecule has 0 aliphatic carbocycles. The standard InChI is InChI=1S/C16H27ClN4/c1-11(10-21-8-6-7-9-21)18-14-12(2)13(17)19-15(20-14)16(3,4)5/h11H,6-10H2,1-5H3,(H,18,19,20).